The minimum absolute atomic E-state index is 0.0441. The fourth-order valence-electron chi connectivity index (χ4n) is 3.06. The van der Waals surface area contributed by atoms with Crippen LogP contribution < -0.4 is 5.73 Å². The van der Waals surface area contributed by atoms with E-state index in [0.717, 1.165) is 5.56 Å². The molecule has 2 aromatic heterocycles. The van der Waals surface area contributed by atoms with Crippen molar-refractivity contribution in [1.29, 1.82) is 0 Å². The van der Waals surface area contributed by atoms with E-state index in [1.807, 2.05) is 24.3 Å². The molecule has 0 amide bonds. The van der Waals surface area contributed by atoms with E-state index >= 15 is 0 Å². The van der Waals surface area contributed by atoms with Crippen LogP contribution in [0.5, 0.6) is 0 Å². The number of imidazole rings is 1. The van der Waals surface area contributed by atoms with E-state index in [2.05, 4.69) is 15.0 Å². The summed E-state index contributed by atoms with van der Waals surface area (Å²) in [6.45, 7) is -0.419. The standard InChI is InChI=1S/C17H18ClN5O4S/c18-9-4-2-1-3-8(9)6-28-15-11-14(21-17(19)22-15)23(7-20-11)16-13(26)12(25)10(5-24)27-16/h1-4,7,10,12-13,16,24-26H,5-6H2,(H2,19,21,22)/t10-,12-,13-,16?/m1/s1. The maximum atomic E-state index is 10.3. The van der Waals surface area contributed by atoms with Gasteiger partial charge in [0, 0.05) is 10.8 Å². The van der Waals surface area contributed by atoms with Gasteiger partial charge >= 0.3 is 0 Å². The highest BCUT2D eigenvalue weighted by atomic mass is 35.5. The van der Waals surface area contributed by atoms with Crippen LogP contribution in [0.1, 0.15) is 11.8 Å². The van der Waals surface area contributed by atoms with E-state index < -0.39 is 31.1 Å². The molecule has 148 valence electrons. The van der Waals surface area contributed by atoms with Gasteiger partial charge in [-0.15, -0.1) is 0 Å². The Morgan fingerprint density at radius 1 is 1.21 bits per heavy atom. The minimum atomic E-state index is -1.25. The average molecular weight is 424 g/mol. The zero-order valence-electron chi connectivity index (χ0n) is 14.5. The quantitative estimate of drug-likeness (QED) is 0.349. The normalized spacial score (nSPS) is 24.9. The SMILES string of the molecule is Nc1nc(SCc2ccccc2Cl)c2ncn(C3O[C@H](CO)[C@@H](O)[C@H]3O)c2n1. The fourth-order valence-corrected chi connectivity index (χ4v) is 4.33. The molecule has 0 saturated carbocycles. The first-order valence-electron chi connectivity index (χ1n) is 8.48. The fraction of sp³-hybridized carbons (Fsp3) is 0.353. The number of hydrogen-bond donors (Lipinski definition) is 4. The average Bonchev–Trinajstić information content (AvgIpc) is 3.22. The number of thioether (sulfide) groups is 1. The van der Waals surface area contributed by atoms with Crippen molar-refractivity contribution in [2.45, 2.75) is 35.3 Å². The monoisotopic (exact) mass is 423 g/mol. The largest absolute Gasteiger partial charge is 0.394 e. The number of anilines is 1. The molecule has 1 aromatic carbocycles. The second-order valence-corrected chi connectivity index (χ2v) is 7.69. The predicted molar refractivity (Wildman–Crippen MR) is 104 cm³/mol. The van der Waals surface area contributed by atoms with Gasteiger partial charge in [-0.2, -0.15) is 4.98 Å². The van der Waals surface area contributed by atoms with Gasteiger partial charge in [-0.3, -0.25) is 4.57 Å². The molecule has 1 aliphatic heterocycles. The topological polar surface area (TPSA) is 140 Å². The van der Waals surface area contributed by atoms with Crippen LogP contribution in [-0.2, 0) is 10.5 Å². The lowest BCUT2D eigenvalue weighted by molar-refractivity contribution is -0.0511. The molecule has 4 atom stereocenters. The summed E-state index contributed by atoms with van der Waals surface area (Å²) in [6.07, 6.45) is -2.87. The molecule has 28 heavy (non-hydrogen) atoms. The minimum Gasteiger partial charge on any atom is -0.394 e. The van der Waals surface area contributed by atoms with E-state index in [-0.39, 0.29) is 5.95 Å². The summed E-state index contributed by atoms with van der Waals surface area (Å²) in [5, 5.41) is 30.8. The Kier molecular flexibility index (Phi) is 5.41. The van der Waals surface area contributed by atoms with Gasteiger partial charge < -0.3 is 25.8 Å². The second kappa shape index (κ2) is 7.82. The molecule has 3 aromatic rings. The summed E-state index contributed by atoms with van der Waals surface area (Å²) in [5.41, 5.74) is 7.67. The van der Waals surface area contributed by atoms with Crippen LogP contribution in [0.15, 0.2) is 35.6 Å². The van der Waals surface area contributed by atoms with Crippen LogP contribution >= 0.6 is 23.4 Å². The smallest absolute Gasteiger partial charge is 0.223 e. The summed E-state index contributed by atoms with van der Waals surface area (Å²) in [6, 6.07) is 7.51. The number of hydrogen-bond acceptors (Lipinski definition) is 9. The third-order valence-corrected chi connectivity index (χ3v) is 5.90. The third-order valence-electron chi connectivity index (χ3n) is 4.52. The zero-order valence-corrected chi connectivity index (χ0v) is 16.1. The molecule has 0 spiro atoms. The van der Waals surface area contributed by atoms with Gasteiger partial charge in [0.1, 0.15) is 28.9 Å². The molecule has 0 aliphatic carbocycles. The van der Waals surface area contributed by atoms with Gasteiger partial charge in [0.05, 0.1) is 12.9 Å². The predicted octanol–water partition coefficient (Wildman–Crippen LogP) is 0.966. The van der Waals surface area contributed by atoms with Crippen molar-refractivity contribution in [3.8, 4) is 0 Å². The van der Waals surface area contributed by atoms with Gasteiger partial charge in [-0.1, -0.05) is 41.6 Å². The lowest BCUT2D eigenvalue weighted by Gasteiger charge is -2.16. The lowest BCUT2D eigenvalue weighted by Crippen LogP contribution is -2.33. The number of nitrogens with two attached hydrogens (primary N) is 1. The third kappa shape index (κ3) is 3.43. The number of ether oxygens (including phenoxy) is 1. The van der Waals surface area contributed by atoms with Gasteiger partial charge in [0.25, 0.3) is 0 Å². The highest BCUT2D eigenvalue weighted by molar-refractivity contribution is 7.98. The highest BCUT2D eigenvalue weighted by Gasteiger charge is 2.44. The number of nitrogen functional groups attached to an aromatic ring is 1. The number of nitrogens with zero attached hydrogens (tertiary/aromatic N) is 4. The number of halogens is 1. The van der Waals surface area contributed by atoms with Gasteiger partial charge in [-0.25, -0.2) is 9.97 Å². The highest BCUT2D eigenvalue weighted by Crippen LogP contribution is 2.34. The molecule has 1 fully saturated rings. The molecule has 4 rings (SSSR count). The number of aliphatic hydroxyl groups is 3. The maximum absolute atomic E-state index is 10.3. The molecular formula is C17H18ClN5O4S. The zero-order chi connectivity index (χ0) is 19.8. The Balaban J connectivity index is 1.66. The first kappa shape index (κ1) is 19.4. The molecule has 0 radical (unpaired) electrons. The number of rotatable bonds is 5. The lowest BCUT2D eigenvalue weighted by atomic mass is 10.1. The van der Waals surface area contributed by atoms with E-state index in [1.165, 1.54) is 22.7 Å². The molecular weight excluding hydrogens is 406 g/mol. The molecule has 3 heterocycles. The molecule has 9 nitrogen and oxygen atoms in total. The maximum Gasteiger partial charge on any atom is 0.223 e. The second-order valence-electron chi connectivity index (χ2n) is 6.32. The van der Waals surface area contributed by atoms with Crippen LogP contribution in [0.4, 0.5) is 5.95 Å². The van der Waals surface area contributed by atoms with Gasteiger partial charge in [-0.05, 0) is 11.6 Å². The van der Waals surface area contributed by atoms with E-state index in [0.29, 0.717) is 27.0 Å². The van der Waals surface area contributed by atoms with Crippen molar-refractivity contribution in [3.63, 3.8) is 0 Å². The van der Waals surface area contributed by atoms with Crippen LogP contribution in [0, 0.1) is 0 Å². The van der Waals surface area contributed by atoms with E-state index in [9.17, 15) is 15.3 Å². The molecule has 11 heteroatoms. The number of benzene rings is 1. The Labute approximate surface area is 169 Å². The van der Waals surface area contributed by atoms with Crippen LogP contribution in [0.3, 0.4) is 0 Å². The van der Waals surface area contributed by atoms with Crippen molar-refractivity contribution >= 4 is 40.5 Å². The Morgan fingerprint density at radius 3 is 2.71 bits per heavy atom. The van der Waals surface area contributed by atoms with Crippen LogP contribution in [0.25, 0.3) is 11.2 Å². The Morgan fingerprint density at radius 2 is 2.00 bits per heavy atom. The van der Waals surface area contributed by atoms with Gasteiger partial charge in [0.2, 0.25) is 5.95 Å². The van der Waals surface area contributed by atoms with Crippen LogP contribution in [0.2, 0.25) is 5.02 Å². The summed E-state index contributed by atoms with van der Waals surface area (Å²) >= 11 is 7.62. The summed E-state index contributed by atoms with van der Waals surface area (Å²) in [4.78, 5) is 12.8. The first-order chi connectivity index (χ1) is 13.5. The van der Waals surface area contributed by atoms with E-state index in [4.69, 9.17) is 22.1 Å². The Hall–Kier alpha value is -1.95. The molecule has 1 unspecified atom stereocenters. The summed E-state index contributed by atoms with van der Waals surface area (Å²) in [7, 11) is 0. The van der Waals surface area contributed by atoms with Crippen molar-refractivity contribution in [2.24, 2.45) is 0 Å². The number of fused-ring (bicyclic) bond motifs is 1. The van der Waals surface area contributed by atoms with Crippen LogP contribution in [-0.4, -0.2) is 59.8 Å². The van der Waals surface area contributed by atoms with E-state index in [1.54, 1.807) is 0 Å². The first-order valence-corrected chi connectivity index (χ1v) is 9.84. The van der Waals surface area contributed by atoms with Crippen molar-refractivity contribution in [3.05, 3.63) is 41.2 Å². The number of aliphatic hydroxyl groups excluding tert-OH is 3. The van der Waals surface area contributed by atoms with Crippen molar-refractivity contribution in [1.82, 2.24) is 19.5 Å². The molecule has 1 saturated heterocycles. The van der Waals surface area contributed by atoms with Gasteiger partial charge in [0.15, 0.2) is 11.9 Å². The van der Waals surface area contributed by atoms with Crippen molar-refractivity contribution in [2.75, 3.05) is 12.3 Å². The van der Waals surface area contributed by atoms with Crippen molar-refractivity contribution < 1.29 is 20.1 Å². The summed E-state index contributed by atoms with van der Waals surface area (Å²) < 4.78 is 7.04. The number of aromatic nitrogens is 4. The molecule has 0 bridgehead atoms. The molecule has 5 N–H and O–H groups in total. The summed E-state index contributed by atoms with van der Waals surface area (Å²) in [5.74, 6) is 0.606. The Bertz CT molecular complexity index is 1000. The molecule has 1 aliphatic rings.